The molecule has 0 bridgehead atoms. The van der Waals surface area contributed by atoms with Crippen molar-refractivity contribution in [1.82, 2.24) is 41.0 Å². The summed E-state index contributed by atoms with van der Waals surface area (Å²) in [6.07, 6.45) is 3.57. The molecular weight excluding hydrogens is 1330 g/mol. The number of anilines is 3. The number of urea groups is 1. The lowest BCUT2D eigenvalue weighted by molar-refractivity contribution is -0.137. The predicted octanol–water partition coefficient (Wildman–Crippen LogP) is 5.83. The van der Waals surface area contributed by atoms with Crippen molar-refractivity contribution in [2.75, 3.05) is 139 Å². The molecule has 4 aromatic carbocycles. The summed E-state index contributed by atoms with van der Waals surface area (Å²) < 4.78 is 33.2. The van der Waals surface area contributed by atoms with Crippen LogP contribution in [-0.4, -0.2) is 215 Å². The Morgan fingerprint density at radius 2 is 1.38 bits per heavy atom. The highest BCUT2D eigenvalue weighted by Crippen LogP contribution is 2.47. The normalized spacial score (nSPS) is 15.6. The summed E-state index contributed by atoms with van der Waals surface area (Å²) >= 11 is 3.70. The molecule has 98 heavy (non-hydrogen) atoms. The first-order valence-electron chi connectivity index (χ1n) is 33.0. The minimum absolute atomic E-state index is 0.0104. The molecule has 28 nitrogen and oxygen atoms in total. The molecule has 4 aliphatic heterocycles. The fourth-order valence-electron chi connectivity index (χ4n) is 11.6. The van der Waals surface area contributed by atoms with Crippen LogP contribution in [0.5, 0.6) is 5.75 Å². The van der Waals surface area contributed by atoms with Gasteiger partial charge in [-0.15, -0.1) is 0 Å². The monoisotopic (exact) mass is 1420 g/mol. The Kier molecular flexibility index (Phi) is 28.3. The van der Waals surface area contributed by atoms with E-state index < -0.39 is 42.1 Å². The van der Waals surface area contributed by atoms with Crippen LogP contribution >= 0.6 is 15.9 Å². The molecule has 0 unspecified atom stereocenters. The third-order valence-corrected chi connectivity index (χ3v) is 17.5. The number of ether oxygens (including phenoxy) is 6. The number of amides is 11. The van der Waals surface area contributed by atoms with Crippen molar-refractivity contribution in [3.05, 3.63) is 107 Å². The largest absolute Gasteiger partial charge is 0.444 e. The van der Waals surface area contributed by atoms with Crippen molar-refractivity contribution in [1.29, 1.82) is 0 Å². The van der Waals surface area contributed by atoms with Gasteiger partial charge in [0.05, 0.1) is 57.6 Å². The summed E-state index contributed by atoms with van der Waals surface area (Å²) in [4.78, 5) is 137. The third kappa shape index (κ3) is 20.8. The quantitative estimate of drug-likeness (QED) is 0.0151. The second-order valence-corrected chi connectivity index (χ2v) is 24.9. The number of alkyl halides is 1. The fraction of sp³-hybridized carbons (Fsp3) is 0.478. The van der Waals surface area contributed by atoms with Crippen molar-refractivity contribution < 1.29 is 76.4 Å². The SMILES string of the molecule is CC(=O)N[C@H](C(=O)N[C@@H](CCCNC(N)=O)C(=O)Nc1ccc(COC(=O)N2CCc3c2ccc2[nH]c(C(=O)N4C[C@@H](CBr)c5c4cc(OC(=O)N4CCN(C)CC4)c4ccccc54)cc32)cc1)C(C)C.CCCOCCOCCOCCOCCNC(=O)CCN1C(=O)C=CC1=O. The Hall–Kier alpha value is -9.00. The maximum Gasteiger partial charge on any atom is 0.415 e. The van der Waals surface area contributed by atoms with Crippen molar-refractivity contribution >= 4 is 114 Å². The van der Waals surface area contributed by atoms with Gasteiger partial charge >= 0.3 is 18.2 Å². The van der Waals surface area contributed by atoms with E-state index in [0.29, 0.717) is 131 Å². The second-order valence-electron chi connectivity index (χ2n) is 24.3. The molecule has 1 fully saturated rings. The number of nitrogens with one attached hydrogen (secondary N) is 6. The van der Waals surface area contributed by atoms with Gasteiger partial charge in [0.25, 0.3) is 17.7 Å². The number of nitrogens with zero attached hydrogens (tertiary/aromatic N) is 5. The minimum Gasteiger partial charge on any atom is -0.444 e. The van der Waals surface area contributed by atoms with E-state index in [4.69, 9.17) is 34.2 Å². The van der Waals surface area contributed by atoms with E-state index in [-0.39, 0.29) is 73.9 Å². The first kappa shape index (κ1) is 74.8. The molecule has 5 heterocycles. The molecule has 9 rings (SSSR count). The number of hydrogen-bond donors (Lipinski definition) is 7. The molecule has 0 aliphatic carbocycles. The Bertz CT molecular complexity index is 3650. The zero-order chi connectivity index (χ0) is 70.3. The Balaban J connectivity index is 0.000000381. The van der Waals surface area contributed by atoms with Crippen molar-refractivity contribution in [3.8, 4) is 5.75 Å². The van der Waals surface area contributed by atoms with Gasteiger partial charge in [0.1, 0.15) is 30.1 Å². The number of piperazine rings is 1. The third-order valence-electron chi connectivity index (χ3n) is 16.7. The van der Waals surface area contributed by atoms with Crippen LogP contribution in [0.3, 0.4) is 0 Å². The fourth-order valence-corrected chi connectivity index (χ4v) is 12.1. The maximum absolute atomic E-state index is 14.6. The minimum atomic E-state index is -0.994. The van der Waals surface area contributed by atoms with Gasteiger partial charge in [-0.3, -0.25) is 43.4 Å². The van der Waals surface area contributed by atoms with Crippen LogP contribution in [0.1, 0.15) is 86.5 Å². The van der Waals surface area contributed by atoms with Crippen LogP contribution in [0.2, 0.25) is 0 Å². The number of halogens is 1. The molecule has 5 aromatic rings. The molecule has 0 spiro atoms. The number of aromatic amines is 1. The van der Waals surface area contributed by atoms with Crippen molar-refractivity contribution in [2.45, 2.75) is 84.4 Å². The van der Waals surface area contributed by atoms with Gasteiger partial charge in [-0.1, -0.05) is 73.1 Å². The molecule has 29 heteroatoms. The van der Waals surface area contributed by atoms with Gasteiger partial charge in [0.15, 0.2) is 0 Å². The van der Waals surface area contributed by atoms with E-state index in [9.17, 15) is 47.9 Å². The molecule has 1 saturated heterocycles. The molecule has 528 valence electrons. The summed E-state index contributed by atoms with van der Waals surface area (Å²) in [5.41, 5.74) is 10.7. The molecule has 0 radical (unpaired) electrons. The van der Waals surface area contributed by atoms with Crippen molar-refractivity contribution in [2.24, 2.45) is 11.7 Å². The summed E-state index contributed by atoms with van der Waals surface area (Å²) in [5.74, 6) is -2.50. The zero-order valence-corrected chi connectivity index (χ0v) is 57.7. The highest BCUT2D eigenvalue weighted by molar-refractivity contribution is 9.09. The summed E-state index contributed by atoms with van der Waals surface area (Å²) in [6.45, 7) is 15.1. The van der Waals surface area contributed by atoms with Crippen molar-refractivity contribution in [3.63, 3.8) is 0 Å². The number of carbonyl (C=O) groups excluding carboxylic acids is 10. The number of hydrogen-bond acceptors (Lipinski definition) is 17. The average Bonchev–Trinajstić information content (AvgIpc) is 1.56. The Labute approximate surface area is 577 Å². The number of imide groups is 1. The van der Waals surface area contributed by atoms with Gasteiger partial charge in [0.2, 0.25) is 23.6 Å². The van der Waals surface area contributed by atoms with Crippen LogP contribution in [0.4, 0.5) is 31.4 Å². The molecule has 3 atom stereocenters. The van der Waals surface area contributed by atoms with Gasteiger partial charge in [-0.2, -0.15) is 0 Å². The Morgan fingerprint density at radius 3 is 2.02 bits per heavy atom. The average molecular weight is 1420 g/mol. The van der Waals surface area contributed by atoms with E-state index in [2.05, 4.69) is 59.3 Å². The smallest absolute Gasteiger partial charge is 0.415 e. The van der Waals surface area contributed by atoms with Crippen LogP contribution in [0.15, 0.2) is 84.9 Å². The molecule has 8 N–H and O–H groups in total. The van der Waals surface area contributed by atoms with E-state index >= 15 is 0 Å². The van der Waals surface area contributed by atoms with Gasteiger partial charge in [-0.05, 0) is 91.1 Å². The number of nitrogens with two attached hydrogens (primary N) is 1. The second kappa shape index (κ2) is 37.1. The molecule has 4 aliphatic rings. The first-order chi connectivity index (χ1) is 47.2. The van der Waals surface area contributed by atoms with Crippen LogP contribution in [-0.2, 0) is 65.5 Å². The summed E-state index contributed by atoms with van der Waals surface area (Å²) in [5, 5.41) is 16.5. The standard InChI is InChI=1S/C51H59BrN10O9.C18H30N2O7/c1-29(2)45(55-30(3)63)47(65)58-39(10-7-18-54-49(53)67)46(64)56-33-13-11-31(12-14-33)28-70-51(69)61-19-17-34-37-24-40(57-38(37)15-16-41(34)61)48(66)62-27-32(26-52)44-36-9-6-5-8-35(36)43(25-42(44)62)71-50(68)60-22-20-59(4)21-23-60;1-2-8-24-10-12-26-14-15-27-13-11-25-9-6-19-16(21)5-7-20-17(22)3-4-18(20)23/h5-6,8-9,11-16,24-25,29,32,39,45,57H,7,10,17-23,26-28H2,1-4H3,(H,55,63)(H,56,64)(H,58,65)(H3,53,54,67);3-4H,2,5-15H2,1H3,(H,19,21)/t32-,39+,45+;/m1./s1. The van der Waals surface area contributed by atoms with E-state index in [0.717, 1.165) is 63.8 Å². The van der Waals surface area contributed by atoms with Gasteiger partial charge in [0, 0.05) is 130 Å². The number of benzene rings is 4. The first-order valence-corrected chi connectivity index (χ1v) is 34.2. The van der Waals surface area contributed by atoms with E-state index in [1.165, 1.54) is 19.1 Å². The number of aromatic nitrogens is 1. The molecular formula is C69H89BrN12O16. The van der Waals surface area contributed by atoms with Crippen LogP contribution < -0.4 is 46.9 Å². The highest BCUT2D eigenvalue weighted by Gasteiger charge is 2.37. The highest BCUT2D eigenvalue weighted by atomic mass is 79.9. The summed E-state index contributed by atoms with van der Waals surface area (Å²) in [6, 6.07) is 19.3. The van der Waals surface area contributed by atoms with Gasteiger partial charge in [-0.25, -0.2) is 14.4 Å². The number of likely N-dealkylation sites (N-methyl/N-ethyl adjacent to an activating group) is 1. The van der Waals surface area contributed by atoms with Crippen LogP contribution in [0.25, 0.3) is 21.7 Å². The van der Waals surface area contributed by atoms with E-state index in [1.54, 1.807) is 52.8 Å². The number of rotatable bonds is 32. The van der Waals surface area contributed by atoms with Crippen LogP contribution in [0, 0.1) is 5.92 Å². The molecule has 11 amide bonds. The maximum atomic E-state index is 14.6. The number of carbonyl (C=O) groups is 10. The zero-order valence-electron chi connectivity index (χ0n) is 56.1. The topological polar surface area (TPSA) is 344 Å². The molecule has 0 saturated carbocycles. The lowest BCUT2D eigenvalue weighted by Gasteiger charge is -2.31. The molecule has 1 aromatic heterocycles. The number of fused-ring (bicyclic) bond motifs is 6. The summed E-state index contributed by atoms with van der Waals surface area (Å²) in [7, 11) is 2.03. The number of primary amides is 1. The lowest BCUT2D eigenvalue weighted by atomic mass is 9.95. The van der Waals surface area contributed by atoms with E-state index in [1.807, 2.05) is 55.6 Å². The predicted molar refractivity (Wildman–Crippen MR) is 370 cm³/mol. The lowest BCUT2D eigenvalue weighted by Crippen LogP contribution is -2.54. The van der Waals surface area contributed by atoms with Gasteiger partial charge < -0.3 is 80.4 Å². The Morgan fingerprint density at radius 1 is 0.714 bits per heavy atom. The number of H-pyrrole nitrogens is 1.